The van der Waals surface area contributed by atoms with Gasteiger partial charge in [0, 0.05) is 48.3 Å². The molecule has 2 N–H and O–H groups in total. The van der Waals surface area contributed by atoms with Gasteiger partial charge in [-0.05, 0) is 61.9 Å². The van der Waals surface area contributed by atoms with Gasteiger partial charge in [0.15, 0.2) is 5.65 Å². The summed E-state index contributed by atoms with van der Waals surface area (Å²) in [6, 6.07) is 18.3. The molecule has 1 aliphatic carbocycles. The summed E-state index contributed by atoms with van der Waals surface area (Å²) in [4.78, 5) is 11.6. The van der Waals surface area contributed by atoms with Gasteiger partial charge in [0.05, 0.1) is 24.6 Å². The summed E-state index contributed by atoms with van der Waals surface area (Å²) in [6.07, 6.45) is 8.24. The van der Waals surface area contributed by atoms with E-state index in [0.29, 0.717) is 17.9 Å². The topological polar surface area (TPSA) is 87.0 Å². The van der Waals surface area contributed by atoms with Crippen LogP contribution in [0.3, 0.4) is 0 Å². The van der Waals surface area contributed by atoms with Crippen LogP contribution in [0.5, 0.6) is 0 Å². The normalized spacial score (nSPS) is 20.6. The Kier molecular flexibility index (Phi) is 6.29. The molecule has 0 bridgehead atoms. The van der Waals surface area contributed by atoms with Crippen molar-refractivity contribution in [2.75, 3.05) is 32.0 Å². The summed E-state index contributed by atoms with van der Waals surface area (Å²) in [7, 11) is 0. The number of rotatable bonds is 5. The minimum Gasteiger partial charge on any atom is -0.383 e. The van der Waals surface area contributed by atoms with Gasteiger partial charge in [-0.2, -0.15) is 5.10 Å². The number of nitrogens with two attached hydrogens (primary N) is 1. The van der Waals surface area contributed by atoms with E-state index in [1.165, 1.54) is 34.9 Å². The largest absolute Gasteiger partial charge is 0.383 e. The number of nitrogen functional groups attached to an aromatic ring is 1. The van der Waals surface area contributed by atoms with Crippen LogP contribution in [0.1, 0.15) is 42.9 Å². The molecule has 0 amide bonds. The number of hydrogen-bond donors (Lipinski definition) is 1. The van der Waals surface area contributed by atoms with Crippen molar-refractivity contribution < 1.29 is 4.74 Å². The molecule has 0 atom stereocenters. The Morgan fingerprint density at radius 3 is 2.56 bits per heavy atom. The molecule has 200 valence electrons. The second kappa shape index (κ2) is 10.1. The molecule has 39 heavy (non-hydrogen) atoms. The second-order valence-electron chi connectivity index (χ2n) is 11.0. The second-order valence-corrected chi connectivity index (χ2v) is 11.0. The van der Waals surface area contributed by atoms with Gasteiger partial charge < -0.3 is 15.0 Å². The number of aromatic nitrogens is 5. The van der Waals surface area contributed by atoms with Crippen molar-refractivity contribution in [2.45, 2.75) is 51.2 Å². The van der Waals surface area contributed by atoms with Crippen LogP contribution in [0.25, 0.3) is 33.2 Å². The zero-order chi connectivity index (χ0) is 26.3. The molecule has 2 fully saturated rings. The molecule has 1 saturated heterocycles. The highest BCUT2D eigenvalue weighted by molar-refractivity contribution is 6.00. The van der Waals surface area contributed by atoms with Crippen LogP contribution in [0.2, 0.25) is 0 Å². The fraction of sp³-hybridized carbons (Fsp3) is 0.387. The Bertz CT molecular complexity index is 1620. The molecule has 3 aromatic heterocycles. The SMILES string of the molecule is Cc1ccccc1Cn1ccc2cc(-c3nn(C4CCC(N5CCOCC5)CC4)c4ncnc(N)c34)ccc21. The van der Waals surface area contributed by atoms with Crippen LogP contribution >= 0.6 is 0 Å². The van der Waals surface area contributed by atoms with E-state index >= 15 is 0 Å². The van der Waals surface area contributed by atoms with Crippen LogP contribution in [0.4, 0.5) is 5.82 Å². The van der Waals surface area contributed by atoms with Crippen LogP contribution in [0, 0.1) is 6.92 Å². The van der Waals surface area contributed by atoms with Crippen LogP contribution in [-0.2, 0) is 11.3 Å². The summed E-state index contributed by atoms with van der Waals surface area (Å²) >= 11 is 0. The first-order valence-corrected chi connectivity index (χ1v) is 14.1. The summed E-state index contributed by atoms with van der Waals surface area (Å²) in [6.45, 7) is 6.81. The third-order valence-electron chi connectivity index (χ3n) is 8.74. The van der Waals surface area contributed by atoms with Crippen molar-refractivity contribution in [1.29, 1.82) is 0 Å². The zero-order valence-electron chi connectivity index (χ0n) is 22.5. The first-order chi connectivity index (χ1) is 19.2. The molecule has 8 heteroatoms. The number of fused-ring (bicyclic) bond motifs is 2. The van der Waals surface area contributed by atoms with Gasteiger partial charge in [0.2, 0.25) is 0 Å². The maximum absolute atomic E-state index is 6.45. The quantitative estimate of drug-likeness (QED) is 0.342. The molecule has 5 aromatic rings. The van der Waals surface area contributed by atoms with Crippen molar-refractivity contribution in [3.8, 4) is 11.3 Å². The van der Waals surface area contributed by atoms with Gasteiger partial charge in [-0.15, -0.1) is 0 Å². The van der Waals surface area contributed by atoms with E-state index in [1.807, 2.05) is 0 Å². The van der Waals surface area contributed by atoms with Crippen LogP contribution in [-0.4, -0.2) is 61.6 Å². The number of hydrogen-bond acceptors (Lipinski definition) is 6. The van der Waals surface area contributed by atoms with Crippen molar-refractivity contribution in [3.63, 3.8) is 0 Å². The maximum atomic E-state index is 6.45. The van der Waals surface area contributed by atoms with Crippen molar-refractivity contribution in [2.24, 2.45) is 0 Å². The van der Waals surface area contributed by atoms with Crippen molar-refractivity contribution in [3.05, 3.63) is 72.2 Å². The average Bonchev–Trinajstić information content (AvgIpc) is 3.57. The molecule has 0 unspecified atom stereocenters. The highest BCUT2D eigenvalue weighted by Crippen LogP contribution is 2.37. The fourth-order valence-electron chi connectivity index (χ4n) is 6.52. The van der Waals surface area contributed by atoms with Gasteiger partial charge in [-0.3, -0.25) is 4.90 Å². The van der Waals surface area contributed by atoms with E-state index in [2.05, 4.69) is 85.8 Å². The summed E-state index contributed by atoms with van der Waals surface area (Å²) in [5.41, 5.74) is 13.0. The highest BCUT2D eigenvalue weighted by atomic mass is 16.5. The molecular weight excluding hydrogens is 486 g/mol. The zero-order valence-corrected chi connectivity index (χ0v) is 22.5. The summed E-state index contributed by atoms with van der Waals surface area (Å²) < 4.78 is 10.0. The third kappa shape index (κ3) is 4.47. The number of ether oxygens (including phenoxy) is 1. The molecule has 1 aliphatic heterocycles. The number of nitrogens with zero attached hydrogens (tertiary/aromatic N) is 6. The Morgan fingerprint density at radius 2 is 1.74 bits per heavy atom. The monoisotopic (exact) mass is 521 g/mol. The molecule has 1 saturated carbocycles. The van der Waals surface area contributed by atoms with Gasteiger partial charge in [0.25, 0.3) is 0 Å². The Balaban J connectivity index is 1.20. The summed E-state index contributed by atoms with van der Waals surface area (Å²) in [5.74, 6) is 0.487. The van der Waals surface area contributed by atoms with Gasteiger partial charge in [-0.25, -0.2) is 14.6 Å². The minimum absolute atomic E-state index is 0.312. The Labute approximate surface area is 228 Å². The lowest BCUT2D eigenvalue weighted by molar-refractivity contribution is 0.00520. The standard InChI is InChI=1S/C31H35N7O/c1-21-4-2-3-5-24(21)19-37-13-12-22-18-23(6-11-27(22)37)29-28-30(32)33-20-34-31(28)38(35-29)26-9-7-25(8-10-26)36-14-16-39-17-15-36/h2-6,11-13,18,20,25-26H,7-10,14-17,19H2,1H3,(H2,32,33,34). The van der Waals surface area contributed by atoms with Gasteiger partial charge >= 0.3 is 0 Å². The number of aryl methyl sites for hydroxylation is 1. The first kappa shape index (κ1) is 24.3. The predicted octanol–water partition coefficient (Wildman–Crippen LogP) is 5.20. The van der Waals surface area contributed by atoms with E-state index in [0.717, 1.165) is 68.0 Å². The molecule has 2 aromatic carbocycles. The Morgan fingerprint density at radius 1 is 0.949 bits per heavy atom. The fourth-order valence-corrected chi connectivity index (χ4v) is 6.52. The summed E-state index contributed by atoms with van der Waals surface area (Å²) in [5, 5.41) is 7.21. The maximum Gasteiger partial charge on any atom is 0.164 e. The molecule has 7 rings (SSSR count). The van der Waals surface area contributed by atoms with Crippen LogP contribution in [0.15, 0.2) is 61.1 Å². The third-order valence-corrected chi connectivity index (χ3v) is 8.74. The predicted molar refractivity (Wildman–Crippen MR) is 155 cm³/mol. The van der Waals surface area contributed by atoms with E-state index < -0.39 is 0 Å². The van der Waals surface area contributed by atoms with E-state index in [9.17, 15) is 0 Å². The van der Waals surface area contributed by atoms with Crippen LogP contribution < -0.4 is 5.73 Å². The number of morpholine rings is 1. The average molecular weight is 522 g/mol. The first-order valence-electron chi connectivity index (χ1n) is 14.1. The van der Waals surface area contributed by atoms with Gasteiger partial charge in [-0.1, -0.05) is 30.3 Å². The minimum atomic E-state index is 0.312. The smallest absolute Gasteiger partial charge is 0.164 e. The molecule has 4 heterocycles. The van der Waals surface area contributed by atoms with Crippen molar-refractivity contribution >= 4 is 27.8 Å². The number of benzene rings is 2. The van der Waals surface area contributed by atoms with E-state index in [1.54, 1.807) is 6.33 Å². The molecule has 0 radical (unpaired) electrons. The molecule has 2 aliphatic rings. The molecule has 0 spiro atoms. The van der Waals surface area contributed by atoms with E-state index in [-0.39, 0.29) is 0 Å². The lowest BCUT2D eigenvalue weighted by atomic mass is 9.90. The lowest BCUT2D eigenvalue weighted by Crippen LogP contribution is -2.45. The number of anilines is 1. The van der Waals surface area contributed by atoms with Gasteiger partial charge in [0.1, 0.15) is 17.8 Å². The molecular formula is C31H35N7O. The highest BCUT2D eigenvalue weighted by Gasteiger charge is 2.30. The lowest BCUT2D eigenvalue weighted by Gasteiger charge is -2.38. The Hall–Kier alpha value is -3.75. The molecule has 8 nitrogen and oxygen atoms in total. The van der Waals surface area contributed by atoms with Crippen molar-refractivity contribution in [1.82, 2.24) is 29.2 Å². The van der Waals surface area contributed by atoms with E-state index in [4.69, 9.17) is 15.6 Å².